The second-order valence-electron chi connectivity index (χ2n) is 4.95. The van der Waals surface area contributed by atoms with Gasteiger partial charge in [-0.2, -0.15) is 0 Å². The van der Waals surface area contributed by atoms with Crippen LogP contribution in [0, 0.1) is 11.7 Å². The molecule has 0 bridgehead atoms. The van der Waals surface area contributed by atoms with Gasteiger partial charge in [0.15, 0.2) is 0 Å². The molecule has 1 aromatic carbocycles. The van der Waals surface area contributed by atoms with Crippen molar-refractivity contribution in [3.63, 3.8) is 0 Å². The van der Waals surface area contributed by atoms with Crippen LogP contribution in [0.15, 0.2) is 24.3 Å². The minimum Gasteiger partial charge on any atom is -0.206 e. The fraction of sp³-hybridized carbons (Fsp3) is 0.500. The fourth-order valence-corrected chi connectivity index (χ4v) is 2.54. The van der Waals surface area contributed by atoms with Gasteiger partial charge in [-0.05, 0) is 54.9 Å². The van der Waals surface area contributed by atoms with Crippen molar-refractivity contribution in [1.82, 2.24) is 0 Å². The molecule has 0 saturated carbocycles. The van der Waals surface area contributed by atoms with Crippen molar-refractivity contribution < 1.29 is 4.39 Å². The Balaban J connectivity index is 2.25. The summed E-state index contributed by atoms with van der Waals surface area (Å²) in [7, 11) is 0. The number of hydrogen-bond donors (Lipinski definition) is 0. The van der Waals surface area contributed by atoms with Gasteiger partial charge in [-0.1, -0.05) is 32.4 Å². The summed E-state index contributed by atoms with van der Waals surface area (Å²) in [6.07, 6.45) is 7.80. The quantitative estimate of drug-likeness (QED) is 0.689. The molecule has 0 radical (unpaired) electrons. The summed E-state index contributed by atoms with van der Waals surface area (Å²) in [5, 5.41) is 0. The minimum atomic E-state index is -0.0663. The molecule has 1 heteroatoms. The fourth-order valence-electron chi connectivity index (χ4n) is 2.54. The standard InChI is InChI=1S/C16H21F/c1-3-12-5-8-14(9-6-12)15-11-13(4-2)7-10-16(15)17/h7-8,10-12H,3-6,9H2,1-2H3. The molecule has 0 N–H and O–H groups in total. The maximum absolute atomic E-state index is 13.8. The summed E-state index contributed by atoms with van der Waals surface area (Å²) in [6, 6.07) is 5.52. The molecular weight excluding hydrogens is 211 g/mol. The van der Waals surface area contributed by atoms with Crippen LogP contribution >= 0.6 is 0 Å². The van der Waals surface area contributed by atoms with Gasteiger partial charge in [0.1, 0.15) is 5.82 Å². The zero-order valence-corrected chi connectivity index (χ0v) is 10.8. The molecule has 0 amide bonds. The van der Waals surface area contributed by atoms with Crippen LogP contribution < -0.4 is 0 Å². The lowest BCUT2D eigenvalue weighted by atomic mass is 9.85. The van der Waals surface area contributed by atoms with E-state index in [0.29, 0.717) is 0 Å². The summed E-state index contributed by atoms with van der Waals surface area (Å²) in [5.74, 6) is 0.736. The van der Waals surface area contributed by atoms with Crippen LogP contribution in [-0.2, 0) is 6.42 Å². The number of hydrogen-bond acceptors (Lipinski definition) is 0. The van der Waals surface area contributed by atoms with E-state index in [-0.39, 0.29) is 5.82 Å². The van der Waals surface area contributed by atoms with Gasteiger partial charge >= 0.3 is 0 Å². The van der Waals surface area contributed by atoms with E-state index in [9.17, 15) is 4.39 Å². The normalized spacial score (nSPS) is 20.2. The Bertz CT molecular complexity index is 418. The first-order chi connectivity index (χ1) is 8.24. The molecule has 1 atom stereocenters. The largest absolute Gasteiger partial charge is 0.206 e. The van der Waals surface area contributed by atoms with Crippen molar-refractivity contribution >= 4 is 5.57 Å². The van der Waals surface area contributed by atoms with E-state index in [1.165, 1.54) is 24.0 Å². The topological polar surface area (TPSA) is 0 Å². The highest BCUT2D eigenvalue weighted by Gasteiger charge is 2.16. The third-order valence-electron chi connectivity index (χ3n) is 3.88. The van der Waals surface area contributed by atoms with Crippen LogP contribution in [0.25, 0.3) is 5.57 Å². The highest BCUT2D eigenvalue weighted by Crippen LogP contribution is 2.33. The summed E-state index contributed by atoms with van der Waals surface area (Å²) in [4.78, 5) is 0. The number of aryl methyl sites for hydroxylation is 1. The molecule has 0 saturated heterocycles. The Morgan fingerprint density at radius 2 is 2.12 bits per heavy atom. The first-order valence-corrected chi connectivity index (χ1v) is 6.72. The second-order valence-corrected chi connectivity index (χ2v) is 4.95. The highest BCUT2D eigenvalue weighted by molar-refractivity contribution is 5.67. The van der Waals surface area contributed by atoms with Crippen LogP contribution in [0.3, 0.4) is 0 Å². The molecule has 0 aromatic heterocycles. The number of allylic oxidation sites excluding steroid dienone is 2. The highest BCUT2D eigenvalue weighted by atomic mass is 19.1. The first kappa shape index (κ1) is 12.3. The molecule has 92 valence electrons. The minimum absolute atomic E-state index is 0.0663. The molecule has 0 heterocycles. The maximum Gasteiger partial charge on any atom is 0.130 e. The Morgan fingerprint density at radius 1 is 1.29 bits per heavy atom. The summed E-state index contributed by atoms with van der Waals surface area (Å²) in [5.41, 5.74) is 3.27. The molecule has 17 heavy (non-hydrogen) atoms. The van der Waals surface area contributed by atoms with Gasteiger partial charge in [-0.25, -0.2) is 4.39 Å². The van der Waals surface area contributed by atoms with Gasteiger partial charge in [-0.15, -0.1) is 0 Å². The lowest BCUT2D eigenvalue weighted by Gasteiger charge is -2.21. The summed E-state index contributed by atoms with van der Waals surface area (Å²) >= 11 is 0. The van der Waals surface area contributed by atoms with Crippen LogP contribution in [-0.4, -0.2) is 0 Å². The first-order valence-electron chi connectivity index (χ1n) is 6.72. The SMILES string of the molecule is CCc1ccc(F)c(C2=CCC(CC)CC2)c1. The number of rotatable bonds is 3. The van der Waals surface area contributed by atoms with Crippen molar-refractivity contribution in [2.45, 2.75) is 46.0 Å². The average molecular weight is 232 g/mol. The zero-order valence-electron chi connectivity index (χ0n) is 10.8. The van der Waals surface area contributed by atoms with E-state index in [1.807, 2.05) is 12.1 Å². The van der Waals surface area contributed by atoms with Crippen molar-refractivity contribution in [2.24, 2.45) is 5.92 Å². The van der Waals surface area contributed by atoms with Gasteiger partial charge in [0.05, 0.1) is 0 Å². The molecule has 1 unspecified atom stereocenters. The second kappa shape index (κ2) is 5.48. The van der Waals surface area contributed by atoms with Gasteiger partial charge in [0.25, 0.3) is 0 Å². The van der Waals surface area contributed by atoms with Crippen LogP contribution in [0.5, 0.6) is 0 Å². The van der Waals surface area contributed by atoms with E-state index >= 15 is 0 Å². The molecule has 1 aliphatic carbocycles. The van der Waals surface area contributed by atoms with Crippen LogP contribution in [0.2, 0.25) is 0 Å². The lowest BCUT2D eigenvalue weighted by molar-refractivity contribution is 0.470. The molecule has 0 nitrogen and oxygen atoms in total. The average Bonchev–Trinajstić information content (AvgIpc) is 2.39. The van der Waals surface area contributed by atoms with Crippen molar-refractivity contribution in [2.75, 3.05) is 0 Å². The monoisotopic (exact) mass is 232 g/mol. The van der Waals surface area contributed by atoms with Crippen molar-refractivity contribution in [3.8, 4) is 0 Å². The molecule has 0 spiro atoms. The molecule has 1 aromatic rings. The van der Waals surface area contributed by atoms with E-state index < -0.39 is 0 Å². The summed E-state index contributed by atoms with van der Waals surface area (Å²) in [6.45, 7) is 4.35. The Labute approximate surface area is 104 Å². The van der Waals surface area contributed by atoms with Gasteiger partial charge in [-0.3, -0.25) is 0 Å². The van der Waals surface area contributed by atoms with Gasteiger partial charge in [0, 0.05) is 5.56 Å². The van der Waals surface area contributed by atoms with E-state index in [0.717, 1.165) is 30.7 Å². The zero-order chi connectivity index (χ0) is 12.3. The van der Waals surface area contributed by atoms with Gasteiger partial charge in [0.2, 0.25) is 0 Å². The van der Waals surface area contributed by atoms with Crippen molar-refractivity contribution in [1.29, 1.82) is 0 Å². The predicted octanol–water partition coefficient (Wildman–Crippen LogP) is 4.98. The predicted molar refractivity (Wildman–Crippen MR) is 71.4 cm³/mol. The van der Waals surface area contributed by atoms with E-state index in [4.69, 9.17) is 0 Å². The molecule has 0 aliphatic heterocycles. The third kappa shape index (κ3) is 2.77. The van der Waals surface area contributed by atoms with Gasteiger partial charge < -0.3 is 0 Å². The van der Waals surface area contributed by atoms with Crippen molar-refractivity contribution in [3.05, 3.63) is 41.2 Å². The molecule has 0 fully saturated rings. The third-order valence-corrected chi connectivity index (χ3v) is 3.88. The number of benzene rings is 1. The lowest BCUT2D eigenvalue weighted by Crippen LogP contribution is -2.05. The molecule has 1 aliphatic rings. The van der Waals surface area contributed by atoms with Crippen LogP contribution in [0.4, 0.5) is 4.39 Å². The molecule has 2 rings (SSSR count). The number of halogens is 1. The Hall–Kier alpha value is -1.11. The Morgan fingerprint density at radius 3 is 2.71 bits per heavy atom. The summed E-state index contributed by atoms with van der Waals surface area (Å²) < 4.78 is 13.8. The molecular formula is C16H21F. The smallest absolute Gasteiger partial charge is 0.130 e. The van der Waals surface area contributed by atoms with Crippen LogP contribution in [0.1, 0.15) is 50.7 Å². The van der Waals surface area contributed by atoms with E-state index in [1.54, 1.807) is 6.07 Å². The maximum atomic E-state index is 13.8. The van der Waals surface area contributed by atoms with E-state index in [2.05, 4.69) is 19.9 Å². The Kier molecular flexibility index (Phi) is 3.98.